The van der Waals surface area contributed by atoms with Crippen molar-refractivity contribution < 1.29 is 4.74 Å². The van der Waals surface area contributed by atoms with Gasteiger partial charge in [0, 0.05) is 13.2 Å². The van der Waals surface area contributed by atoms with E-state index in [2.05, 4.69) is 52.0 Å². The van der Waals surface area contributed by atoms with Gasteiger partial charge < -0.3 is 4.74 Å². The minimum absolute atomic E-state index is 0.931. The highest BCUT2D eigenvalue weighted by Crippen LogP contribution is 1.99. The maximum atomic E-state index is 5.22. The van der Waals surface area contributed by atoms with Crippen LogP contribution in [-0.4, -0.2) is 13.2 Å². The number of hydrogen-bond donors (Lipinski definition) is 0. The number of rotatable bonds is 5. The molecule has 0 saturated carbocycles. The molecule has 1 aromatic rings. The molecule has 0 spiro atoms. The number of hydrogen-bond acceptors (Lipinski definition) is 1. The summed E-state index contributed by atoms with van der Waals surface area (Å²) in [7, 11) is 0. The van der Waals surface area contributed by atoms with Gasteiger partial charge in [-0.2, -0.15) is 0 Å². The van der Waals surface area contributed by atoms with E-state index in [0.717, 1.165) is 19.6 Å². The Morgan fingerprint density at radius 2 is 1.22 bits per heavy atom. The van der Waals surface area contributed by atoms with E-state index in [1.165, 1.54) is 24.0 Å². The second-order valence-electron chi connectivity index (χ2n) is 4.12. The number of benzene rings is 1. The molecule has 0 unspecified atom stereocenters. The summed E-state index contributed by atoms with van der Waals surface area (Å²) in [6.07, 6.45) is 3.59. The van der Waals surface area contributed by atoms with Gasteiger partial charge in [-0.25, -0.2) is 0 Å². The summed E-state index contributed by atoms with van der Waals surface area (Å²) in [5, 5.41) is 0. The summed E-state index contributed by atoms with van der Waals surface area (Å²) in [6.45, 7) is 14.4. The van der Waals surface area contributed by atoms with E-state index in [4.69, 9.17) is 4.74 Å². The van der Waals surface area contributed by atoms with Crippen molar-refractivity contribution in [2.24, 2.45) is 0 Å². The largest absolute Gasteiger partial charge is 0.381 e. The molecule has 0 amide bonds. The fraction of sp³-hybridized carbons (Fsp3) is 0.647. The van der Waals surface area contributed by atoms with Gasteiger partial charge in [-0.15, -0.1) is 0 Å². The molecule has 0 aliphatic rings. The fourth-order valence-electron chi connectivity index (χ4n) is 1.13. The third-order valence-electron chi connectivity index (χ3n) is 2.21. The van der Waals surface area contributed by atoms with Gasteiger partial charge in [0.05, 0.1) is 0 Å². The first-order valence-electron chi connectivity index (χ1n) is 7.31. The van der Waals surface area contributed by atoms with Crippen LogP contribution >= 0.6 is 0 Å². The SMILES string of the molecule is CC.CCCCOCCC.Cc1ccc(C)cc1. The van der Waals surface area contributed by atoms with E-state index in [0.29, 0.717) is 0 Å². The van der Waals surface area contributed by atoms with Gasteiger partial charge in [0.2, 0.25) is 0 Å². The third-order valence-corrected chi connectivity index (χ3v) is 2.21. The van der Waals surface area contributed by atoms with Crippen LogP contribution in [0.1, 0.15) is 58.1 Å². The van der Waals surface area contributed by atoms with Crippen LogP contribution in [0.4, 0.5) is 0 Å². The van der Waals surface area contributed by atoms with Crippen molar-refractivity contribution in [2.75, 3.05) is 13.2 Å². The van der Waals surface area contributed by atoms with Crippen LogP contribution in [0.3, 0.4) is 0 Å². The molecule has 0 bridgehead atoms. The summed E-state index contributed by atoms with van der Waals surface area (Å²) < 4.78 is 5.22. The summed E-state index contributed by atoms with van der Waals surface area (Å²) in [6, 6.07) is 8.48. The van der Waals surface area contributed by atoms with Crippen LogP contribution in [0.2, 0.25) is 0 Å². The lowest BCUT2D eigenvalue weighted by atomic mass is 10.2. The number of ether oxygens (including phenoxy) is 1. The average molecular weight is 252 g/mol. The Labute approximate surface area is 115 Å². The topological polar surface area (TPSA) is 9.23 Å². The lowest BCUT2D eigenvalue weighted by Gasteiger charge is -1.97. The van der Waals surface area contributed by atoms with Gasteiger partial charge in [-0.05, 0) is 26.7 Å². The minimum atomic E-state index is 0.931. The standard InChI is InChI=1S/C8H10.C7H16O.C2H6/c1-7-3-5-8(2)6-4-7;1-3-5-7-8-6-4-2;1-2/h3-6H,1-2H3;3-7H2,1-2H3;1-2H3. The van der Waals surface area contributed by atoms with E-state index >= 15 is 0 Å². The molecule has 18 heavy (non-hydrogen) atoms. The molecule has 1 nitrogen and oxygen atoms in total. The van der Waals surface area contributed by atoms with Crippen LogP contribution in [0.5, 0.6) is 0 Å². The van der Waals surface area contributed by atoms with Crippen molar-refractivity contribution in [3.05, 3.63) is 35.4 Å². The molecule has 0 aliphatic heterocycles. The first-order chi connectivity index (χ1) is 8.70. The Balaban J connectivity index is 0. The first kappa shape index (κ1) is 19.5. The molecule has 0 aromatic heterocycles. The molecule has 0 N–H and O–H groups in total. The van der Waals surface area contributed by atoms with Crippen LogP contribution in [0.15, 0.2) is 24.3 Å². The van der Waals surface area contributed by atoms with E-state index in [9.17, 15) is 0 Å². The van der Waals surface area contributed by atoms with E-state index < -0.39 is 0 Å². The van der Waals surface area contributed by atoms with Gasteiger partial charge in [-0.1, -0.05) is 69.5 Å². The van der Waals surface area contributed by atoms with Crippen LogP contribution < -0.4 is 0 Å². The molecule has 0 saturated heterocycles. The Bertz CT molecular complexity index is 211. The predicted octanol–water partition coefficient (Wildman–Crippen LogP) is 5.54. The Morgan fingerprint density at radius 1 is 0.778 bits per heavy atom. The highest BCUT2D eigenvalue weighted by atomic mass is 16.5. The molecule has 1 aromatic carbocycles. The zero-order valence-electron chi connectivity index (χ0n) is 13.3. The second-order valence-corrected chi connectivity index (χ2v) is 4.12. The van der Waals surface area contributed by atoms with Crippen molar-refractivity contribution in [3.63, 3.8) is 0 Å². The Morgan fingerprint density at radius 3 is 1.56 bits per heavy atom. The van der Waals surface area contributed by atoms with Crippen molar-refractivity contribution >= 4 is 0 Å². The third kappa shape index (κ3) is 15.2. The molecule has 1 heteroatoms. The van der Waals surface area contributed by atoms with Crippen molar-refractivity contribution in [2.45, 2.75) is 60.8 Å². The van der Waals surface area contributed by atoms with Crippen LogP contribution in [-0.2, 0) is 4.74 Å². The average Bonchev–Trinajstić information content (AvgIpc) is 2.41. The normalized spacial score (nSPS) is 8.78. The summed E-state index contributed by atoms with van der Waals surface area (Å²) in [5.74, 6) is 0. The second kappa shape index (κ2) is 16.2. The predicted molar refractivity (Wildman–Crippen MR) is 83.3 cm³/mol. The van der Waals surface area contributed by atoms with Crippen molar-refractivity contribution in [1.82, 2.24) is 0 Å². The minimum Gasteiger partial charge on any atom is -0.381 e. The number of unbranched alkanes of at least 4 members (excludes halogenated alkanes) is 1. The van der Waals surface area contributed by atoms with Crippen LogP contribution in [0, 0.1) is 13.8 Å². The molecule has 0 aliphatic carbocycles. The molecule has 1 rings (SSSR count). The van der Waals surface area contributed by atoms with E-state index in [-0.39, 0.29) is 0 Å². The smallest absolute Gasteiger partial charge is 0.0465 e. The zero-order chi connectivity index (χ0) is 14.2. The lowest BCUT2D eigenvalue weighted by molar-refractivity contribution is 0.132. The van der Waals surface area contributed by atoms with Gasteiger partial charge >= 0.3 is 0 Å². The quantitative estimate of drug-likeness (QED) is 0.625. The lowest BCUT2D eigenvalue weighted by Crippen LogP contribution is -1.93. The molecule has 0 heterocycles. The van der Waals surface area contributed by atoms with Gasteiger partial charge in [0.15, 0.2) is 0 Å². The maximum absolute atomic E-state index is 5.22. The highest BCUT2D eigenvalue weighted by Gasteiger charge is 1.82. The van der Waals surface area contributed by atoms with Crippen LogP contribution in [0.25, 0.3) is 0 Å². The summed E-state index contributed by atoms with van der Waals surface area (Å²) in [5.41, 5.74) is 2.66. The highest BCUT2D eigenvalue weighted by molar-refractivity contribution is 5.19. The fourth-order valence-corrected chi connectivity index (χ4v) is 1.13. The molecule has 0 radical (unpaired) electrons. The first-order valence-corrected chi connectivity index (χ1v) is 7.31. The molecular weight excluding hydrogens is 220 g/mol. The summed E-state index contributed by atoms with van der Waals surface area (Å²) >= 11 is 0. The number of aryl methyl sites for hydroxylation is 2. The molecule has 0 atom stereocenters. The maximum Gasteiger partial charge on any atom is 0.0465 e. The molecule has 106 valence electrons. The van der Waals surface area contributed by atoms with Crippen molar-refractivity contribution in [3.8, 4) is 0 Å². The zero-order valence-corrected chi connectivity index (χ0v) is 13.3. The van der Waals surface area contributed by atoms with Gasteiger partial charge in [0.25, 0.3) is 0 Å². The molecule has 0 fully saturated rings. The van der Waals surface area contributed by atoms with E-state index in [1.807, 2.05) is 13.8 Å². The van der Waals surface area contributed by atoms with E-state index in [1.54, 1.807) is 0 Å². The van der Waals surface area contributed by atoms with Crippen molar-refractivity contribution in [1.29, 1.82) is 0 Å². The summed E-state index contributed by atoms with van der Waals surface area (Å²) in [4.78, 5) is 0. The Kier molecular flexibility index (Phi) is 17.5. The molecular formula is C17H32O. The monoisotopic (exact) mass is 252 g/mol. The van der Waals surface area contributed by atoms with Gasteiger partial charge in [-0.3, -0.25) is 0 Å². The van der Waals surface area contributed by atoms with Gasteiger partial charge in [0.1, 0.15) is 0 Å². The Hall–Kier alpha value is -0.820.